The van der Waals surface area contributed by atoms with Gasteiger partial charge >= 0.3 is 11.9 Å². The van der Waals surface area contributed by atoms with Crippen molar-refractivity contribution in [2.24, 2.45) is 16.8 Å². The van der Waals surface area contributed by atoms with Gasteiger partial charge in [0, 0.05) is 14.1 Å². The van der Waals surface area contributed by atoms with Crippen LogP contribution in [0.5, 0.6) is 0 Å². The molecule has 156 valence electrons. The number of carboxylic acids is 1. The van der Waals surface area contributed by atoms with E-state index >= 15 is 0 Å². The van der Waals surface area contributed by atoms with Crippen molar-refractivity contribution in [1.29, 1.82) is 0 Å². The standard InChI is InChI=1S/C19H28N3O5S/c1-9-15(28(6)11-7-12(20-8-11)16(23)22(4)5)14(17(24)25)21-19(9,3)13-10(2)27-18(13)26/h6,9-13,15,20H,7-8H2,1-5H3,(H,24,25)/q-1/t9-,10+,11-,12-,13-,15?,19+/m0/s1. The molecule has 7 atom stereocenters. The van der Waals surface area contributed by atoms with Gasteiger partial charge in [-0.05, 0) is 32.7 Å². The molecule has 2 N–H and O–H groups in total. The summed E-state index contributed by atoms with van der Waals surface area (Å²) in [5.74, 6) is -2.15. The second-order valence-electron chi connectivity index (χ2n) is 8.32. The number of ether oxygens (including phenoxy) is 1. The molecule has 1 unspecified atom stereocenters. The van der Waals surface area contributed by atoms with E-state index in [2.05, 4.69) is 10.3 Å². The molecule has 8 nitrogen and oxygen atoms in total. The van der Waals surface area contributed by atoms with Crippen molar-refractivity contribution in [3.8, 4) is 5.69 Å². The maximum atomic E-state index is 12.2. The Balaban J connectivity index is 1.84. The molecule has 0 bridgehead atoms. The zero-order valence-electron chi connectivity index (χ0n) is 16.8. The fourth-order valence-corrected chi connectivity index (χ4v) is 6.91. The Hall–Kier alpha value is -1.83. The molecule has 0 aromatic rings. The predicted molar refractivity (Wildman–Crippen MR) is 107 cm³/mol. The van der Waals surface area contributed by atoms with Gasteiger partial charge in [0.15, 0.2) is 0 Å². The minimum Gasteiger partial charge on any atom is -0.477 e. The molecule has 3 rings (SSSR count). The number of aliphatic imine (C=N–C) groups is 1. The summed E-state index contributed by atoms with van der Waals surface area (Å²) in [6.07, 6.45) is 0.262. The van der Waals surface area contributed by atoms with Gasteiger partial charge in [-0.25, -0.2) is 4.79 Å². The van der Waals surface area contributed by atoms with E-state index < -0.39 is 33.0 Å². The van der Waals surface area contributed by atoms with Crippen LogP contribution >= 0.6 is 0 Å². The lowest BCUT2D eigenvalue weighted by molar-refractivity contribution is -0.189. The largest absolute Gasteiger partial charge is 0.477 e. The van der Waals surface area contributed by atoms with Crippen molar-refractivity contribution in [2.45, 2.75) is 55.4 Å². The van der Waals surface area contributed by atoms with Crippen LogP contribution in [0.1, 0.15) is 27.2 Å². The summed E-state index contributed by atoms with van der Waals surface area (Å²) >= 11 is 0. The van der Waals surface area contributed by atoms with E-state index in [0.29, 0.717) is 13.0 Å². The van der Waals surface area contributed by atoms with Crippen molar-refractivity contribution in [1.82, 2.24) is 10.2 Å². The molecular weight excluding hydrogens is 382 g/mol. The van der Waals surface area contributed by atoms with Crippen LogP contribution < -0.4 is 5.32 Å². The van der Waals surface area contributed by atoms with Gasteiger partial charge in [0.1, 0.15) is 17.7 Å². The molecule has 0 saturated carbocycles. The van der Waals surface area contributed by atoms with Crippen molar-refractivity contribution < 1.29 is 24.2 Å². The zero-order valence-corrected chi connectivity index (χ0v) is 17.7. The average molecular weight is 411 g/mol. The number of cyclic esters (lactones) is 1. The van der Waals surface area contributed by atoms with E-state index in [-0.39, 0.29) is 40.9 Å². The average Bonchev–Trinajstić information content (AvgIpc) is 3.18. The lowest BCUT2D eigenvalue weighted by Crippen LogP contribution is -2.57. The number of aliphatic carboxylic acids is 1. The first kappa shape index (κ1) is 20.9. The van der Waals surface area contributed by atoms with E-state index in [1.54, 1.807) is 21.0 Å². The fraction of sp³-hybridized carbons (Fsp3) is 0.737. The van der Waals surface area contributed by atoms with Crippen LogP contribution in [0.25, 0.3) is 0 Å². The second-order valence-corrected chi connectivity index (χ2v) is 10.3. The zero-order chi connectivity index (χ0) is 21.0. The summed E-state index contributed by atoms with van der Waals surface area (Å²) in [6, 6.07) is -0.312. The highest BCUT2D eigenvalue weighted by atomic mass is 32.2. The number of carboxylic acid groups (broad SMARTS) is 1. The molecule has 2 saturated heterocycles. The maximum absolute atomic E-state index is 12.2. The first-order valence-electron chi connectivity index (χ1n) is 9.43. The summed E-state index contributed by atoms with van der Waals surface area (Å²) in [4.78, 5) is 42.3. The topological polar surface area (TPSA) is 108 Å². The molecule has 28 heavy (non-hydrogen) atoms. The molecule has 9 heteroatoms. The number of carbonyl (C=O) groups excluding carboxylic acids is 2. The van der Waals surface area contributed by atoms with E-state index in [4.69, 9.17) is 10.4 Å². The van der Waals surface area contributed by atoms with Gasteiger partial charge in [-0.3, -0.25) is 14.6 Å². The quantitative estimate of drug-likeness (QED) is 0.496. The Morgan fingerprint density at radius 2 is 2.04 bits per heavy atom. The van der Waals surface area contributed by atoms with Gasteiger partial charge < -0.3 is 36.1 Å². The summed E-state index contributed by atoms with van der Waals surface area (Å²) in [7, 11) is 2.60. The third-order valence-electron chi connectivity index (χ3n) is 6.39. The minimum atomic E-state index is -1.10. The molecule has 0 radical (unpaired) electrons. The highest BCUT2D eigenvalue weighted by Crippen LogP contribution is 2.46. The summed E-state index contributed by atoms with van der Waals surface area (Å²) in [5.41, 5.74) is 5.77. The highest BCUT2D eigenvalue weighted by Gasteiger charge is 2.58. The third kappa shape index (κ3) is 3.15. The number of hydrogen-bond acceptors (Lipinski definition) is 7. The van der Waals surface area contributed by atoms with Crippen LogP contribution in [-0.4, -0.2) is 82.4 Å². The lowest BCUT2D eigenvalue weighted by Gasteiger charge is -2.46. The van der Waals surface area contributed by atoms with Gasteiger partial charge in [0.2, 0.25) is 5.91 Å². The number of rotatable bonds is 3. The number of nitrogens with zero attached hydrogens (tertiary/aromatic N) is 2. The first-order chi connectivity index (χ1) is 13.0. The lowest BCUT2D eigenvalue weighted by atomic mass is 9.72. The Labute approximate surface area is 167 Å². The molecule has 2 fully saturated rings. The van der Waals surface area contributed by atoms with Crippen molar-refractivity contribution in [3.05, 3.63) is 0 Å². The Bertz CT molecular complexity index is 816. The number of likely N-dealkylation sites (N-methyl/N-ethyl adjacent to an activating group) is 1. The Morgan fingerprint density at radius 3 is 2.54 bits per heavy atom. The van der Waals surface area contributed by atoms with Crippen molar-refractivity contribution in [2.75, 3.05) is 20.6 Å². The predicted octanol–water partition coefficient (Wildman–Crippen LogP) is -0.123. The molecule has 1 amide bonds. The number of carbonyl (C=O) groups is 3. The molecule has 0 spiro atoms. The summed E-state index contributed by atoms with van der Waals surface area (Å²) in [5, 5.41) is 12.5. The molecular formula is C19H28N3O5S-. The number of hydrogen-bond donors (Lipinski definition) is 2. The maximum Gasteiger partial charge on any atom is 0.348 e. The van der Waals surface area contributed by atoms with Crippen LogP contribution in [0.3, 0.4) is 0 Å². The Morgan fingerprint density at radius 1 is 1.39 bits per heavy atom. The third-order valence-corrected chi connectivity index (χ3v) is 8.74. The normalized spacial score (nSPS) is 40.0. The number of amides is 1. The smallest absolute Gasteiger partial charge is 0.348 e. The molecule has 3 aliphatic heterocycles. The number of nitrogens with one attached hydrogen (secondary N) is 1. The summed E-state index contributed by atoms with van der Waals surface area (Å²) < 4.78 is 5.09. The summed E-state index contributed by atoms with van der Waals surface area (Å²) in [6.45, 7) is 6.09. The van der Waals surface area contributed by atoms with Crippen molar-refractivity contribution in [3.63, 3.8) is 0 Å². The molecule has 3 heterocycles. The Kier molecular flexibility index (Phi) is 5.38. The second kappa shape index (κ2) is 7.21. The highest BCUT2D eigenvalue weighted by molar-refractivity contribution is 7.88. The van der Waals surface area contributed by atoms with Crippen LogP contribution in [0.4, 0.5) is 0 Å². The number of esters is 1. The van der Waals surface area contributed by atoms with Crippen LogP contribution in [0.15, 0.2) is 4.99 Å². The van der Waals surface area contributed by atoms with Gasteiger partial charge in [-0.15, -0.1) is 5.25 Å². The van der Waals surface area contributed by atoms with Gasteiger partial charge in [0.25, 0.3) is 0 Å². The fourth-order valence-electron chi connectivity index (χ4n) is 4.63. The molecule has 3 aliphatic rings. The van der Waals surface area contributed by atoms with Crippen molar-refractivity contribution >= 4 is 33.9 Å². The van der Waals surface area contributed by atoms with E-state index in [0.717, 1.165) is 0 Å². The SMILES string of the molecule is C#[S-](C1C(C(=O)O)=N[C@@](C)([C@@H]2C(=O)O[C@@H]2C)[C@H]1C)[C@@H]1CN[C@H](C(=O)N(C)C)C1. The van der Waals surface area contributed by atoms with Gasteiger partial charge in [-0.1, -0.05) is 12.2 Å². The minimum absolute atomic E-state index is 0.0121. The molecule has 0 aliphatic carbocycles. The van der Waals surface area contributed by atoms with E-state index in [9.17, 15) is 19.5 Å². The van der Waals surface area contributed by atoms with Gasteiger partial charge in [-0.2, -0.15) is 0 Å². The monoisotopic (exact) mass is 410 g/mol. The van der Waals surface area contributed by atoms with E-state index in [1.807, 2.05) is 13.8 Å². The van der Waals surface area contributed by atoms with Crippen LogP contribution in [-0.2, 0) is 29.4 Å². The van der Waals surface area contributed by atoms with Crippen LogP contribution in [0, 0.1) is 17.5 Å². The van der Waals surface area contributed by atoms with E-state index in [1.165, 1.54) is 4.90 Å². The molecule has 0 aromatic carbocycles. The first-order valence-corrected chi connectivity index (χ1v) is 10.8. The van der Waals surface area contributed by atoms with Crippen LogP contribution in [0.2, 0.25) is 0 Å². The van der Waals surface area contributed by atoms with Gasteiger partial charge in [0.05, 0.1) is 11.6 Å². The molecule has 0 aromatic heterocycles.